The number of pyridine rings is 1. The molecule has 0 atom stereocenters. The Morgan fingerprint density at radius 2 is 2.11 bits per heavy atom. The van der Waals surface area contributed by atoms with E-state index in [1.54, 1.807) is 6.07 Å². The fourth-order valence-electron chi connectivity index (χ4n) is 2.92. The van der Waals surface area contributed by atoms with Crippen LogP contribution in [0.5, 0.6) is 5.75 Å². The first-order valence-corrected chi connectivity index (χ1v) is 6.78. The molecule has 1 N–H and O–H groups in total. The molecule has 1 aliphatic rings. The summed E-state index contributed by atoms with van der Waals surface area (Å²) in [4.78, 5) is 18.4. The molecular weight excluding hydrogens is 240 g/mol. The standard InChI is InChI=1S/C15H22N2O2/c1-10(2)17(11-8-15(3,4)9-11)14(19)13-12(18)6-5-7-16-13/h5-7,10-11,18H,8-9H2,1-4H3. The van der Waals surface area contributed by atoms with Gasteiger partial charge in [-0.25, -0.2) is 4.98 Å². The van der Waals surface area contributed by atoms with Gasteiger partial charge in [-0.2, -0.15) is 0 Å². The van der Waals surface area contributed by atoms with Crippen LogP contribution in [0.2, 0.25) is 0 Å². The molecule has 0 radical (unpaired) electrons. The predicted molar refractivity (Wildman–Crippen MR) is 74.0 cm³/mol. The van der Waals surface area contributed by atoms with Gasteiger partial charge in [-0.3, -0.25) is 4.79 Å². The highest BCUT2D eigenvalue weighted by Gasteiger charge is 2.42. The number of aromatic hydroxyl groups is 1. The third-order valence-electron chi connectivity index (χ3n) is 3.75. The number of rotatable bonds is 3. The fraction of sp³-hybridized carbons (Fsp3) is 0.600. The highest BCUT2D eigenvalue weighted by molar-refractivity contribution is 5.95. The normalized spacial score (nSPS) is 18.2. The molecule has 0 bridgehead atoms. The zero-order valence-electron chi connectivity index (χ0n) is 12.1. The van der Waals surface area contributed by atoms with Gasteiger partial charge in [0.2, 0.25) is 0 Å². The molecule has 1 amide bonds. The fourth-order valence-corrected chi connectivity index (χ4v) is 2.92. The first-order chi connectivity index (χ1) is 8.82. The highest BCUT2D eigenvalue weighted by atomic mass is 16.3. The molecule has 0 spiro atoms. The number of carbonyl (C=O) groups excluding carboxylic acids is 1. The second-order valence-corrected chi connectivity index (χ2v) is 6.40. The van der Waals surface area contributed by atoms with E-state index in [1.165, 1.54) is 12.3 Å². The number of hydrogen-bond donors (Lipinski definition) is 1. The topological polar surface area (TPSA) is 53.4 Å². The summed E-state index contributed by atoms with van der Waals surface area (Å²) in [5.41, 5.74) is 0.463. The van der Waals surface area contributed by atoms with E-state index >= 15 is 0 Å². The maximum atomic E-state index is 12.6. The summed E-state index contributed by atoms with van der Waals surface area (Å²) in [5.74, 6) is -0.217. The molecule has 1 heterocycles. The molecule has 4 nitrogen and oxygen atoms in total. The maximum absolute atomic E-state index is 12.6. The largest absolute Gasteiger partial charge is 0.505 e. The third kappa shape index (κ3) is 2.72. The van der Waals surface area contributed by atoms with Crippen LogP contribution in [-0.4, -0.2) is 33.0 Å². The molecule has 0 saturated heterocycles. The lowest BCUT2D eigenvalue weighted by Gasteiger charge is -2.49. The van der Waals surface area contributed by atoms with Gasteiger partial charge in [-0.1, -0.05) is 13.8 Å². The molecule has 1 aliphatic carbocycles. The van der Waals surface area contributed by atoms with Crippen molar-refractivity contribution in [1.29, 1.82) is 0 Å². The van der Waals surface area contributed by atoms with Crippen LogP contribution >= 0.6 is 0 Å². The summed E-state index contributed by atoms with van der Waals surface area (Å²) in [6, 6.07) is 3.49. The zero-order chi connectivity index (χ0) is 14.2. The summed E-state index contributed by atoms with van der Waals surface area (Å²) in [6.07, 6.45) is 3.55. The lowest BCUT2D eigenvalue weighted by Crippen LogP contribution is -2.53. The molecule has 0 unspecified atom stereocenters. The molecule has 1 aromatic heterocycles. The smallest absolute Gasteiger partial charge is 0.276 e. The van der Waals surface area contributed by atoms with Gasteiger partial charge in [0.25, 0.3) is 5.91 Å². The molecule has 1 saturated carbocycles. The van der Waals surface area contributed by atoms with Crippen molar-refractivity contribution in [3.8, 4) is 5.75 Å². The second kappa shape index (κ2) is 4.83. The third-order valence-corrected chi connectivity index (χ3v) is 3.75. The second-order valence-electron chi connectivity index (χ2n) is 6.40. The van der Waals surface area contributed by atoms with E-state index in [4.69, 9.17) is 0 Å². The van der Waals surface area contributed by atoms with Gasteiger partial charge in [-0.05, 0) is 44.2 Å². The Balaban J connectivity index is 2.21. The molecule has 19 heavy (non-hydrogen) atoms. The van der Waals surface area contributed by atoms with Gasteiger partial charge in [0.1, 0.15) is 5.75 Å². The number of aromatic nitrogens is 1. The van der Waals surface area contributed by atoms with Crippen LogP contribution in [0.3, 0.4) is 0 Å². The Kier molecular flexibility index (Phi) is 3.52. The molecular formula is C15H22N2O2. The van der Waals surface area contributed by atoms with Gasteiger partial charge >= 0.3 is 0 Å². The predicted octanol–water partition coefficient (Wildman–Crippen LogP) is 2.83. The average Bonchev–Trinajstić information content (AvgIpc) is 2.26. The zero-order valence-corrected chi connectivity index (χ0v) is 12.1. The summed E-state index contributed by atoms with van der Waals surface area (Å²) >= 11 is 0. The van der Waals surface area contributed by atoms with Crippen LogP contribution in [0.1, 0.15) is 51.0 Å². The molecule has 1 fully saturated rings. The Bertz CT molecular complexity index is 475. The van der Waals surface area contributed by atoms with Crippen molar-refractivity contribution in [3.05, 3.63) is 24.0 Å². The van der Waals surface area contributed by atoms with E-state index in [-0.39, 0.29) is 29.4 Å². The van der Waals surface area contributed by atoms with Crippen LogP contribution in [0.25, 0.3) is 0 Å². The van der Waals surface area contributed by atoms with Crippen LogP contribution in [0.15, 0.2) is 18.3 Å². The molecule has 4 heteroatoms. The van der Waals surface area contributed by atoms with Gasteiger partial charge in [-0.15, -0.1) is 0 Å². The van der Waals surface area contributed by atoms with Gasteiger partial charge < -0.3 is 10.0 Å². The van der Waals surface area contributed by atoms with E-state index in [0.717, 1.165) is 12.8 Å². The maximum Gasteiger partial charge on any atom is 0.276 e. The van der Waals surface area contributed by atoms with E-state index < -0.39 is 0 Å². The minimum absolute atomic E-state index is 0.0447. The van der Waals surface area contributed by atoms with Crippen molar-refractivity contribution >= 4 is 5.91 Å². The Morgan fingerprint density at radius 3 is 2.58 bits per heavy atom. The van der Waals surface area contributed by atoms with E-state index in [2.05, 4.69) is 18.8 Å². The van der Waals surface area contributed by atoms with E-state index in [1.807, 2.05) is 18.7 Å². The van der Waals surface area contributed by atoms with Crippen LogP contribution < -0.4 is 0 Å². The number of nitrogens with zero attached hydrogens (tertiary/aromatic N) is 2. The number of carbonyl (C=O) groups is 1. The summed E-state index contributed by atoms with van der Waals surface area (Å²) in [6.45, 7) is 8.43. The van der Waals surface area contributed by atoms with Crippen LogP contribution in [0.4, 0.5) is 0 Å². The van der Waals surface area contributed by atoms with E-state index in [9.17, 15) is 9.90 Å². The van der Waals surface area contributed by atoms with Crippen molar-refractivity contribution in [2.24, 2.45) is 5.41 Å². The Hall–Kier alpha value is -1.58. The van der Waals surface area contributed by atoms with Crippen molar-refractivity contribution in [2.75, 3.05) is 0 Å². The molecule has 1 aromatic rings. The van der Waals surface area contributed by atoms with Crippen LogP contribution in [-0.2, 0) is 0 Å². The van der Waals surface area contributed by atoms with Crippen molar-refractivity contribution in [3.63, 3.8) is 0 Å². The van der Waals surface area contributed by atoms with E-state index in [0.29, 0.717) is 5.41 Å². The Morgan fingerprint density at radius 1 is 1.47 bits per heavy atom. The molecule has 2 rings (SSSR count). The van der Waals surface area contributed by atoms with Gasteiger partial charge in [0, 0.05) is 18.3 Å². The lowest BCUT2D eigenvalue weighted by molar-refractivity contribution is 0.00971. The van der Waals surface area contributed by atoms with Gasteiger partial charge in [0.05, 0.1) is 0 Å². The summed E-state index contributed by atoms with van der Waals surface area (Å²) in [7, 11) is 0. The first kappa shape index (κ1) is 13.8. The van der Waals surface area contributed by atoms with Crippen molar-refractivity contribution in [1.82, 2.24) is 9.88 Å². The lowest BCUT2D eigenvalue weighted by atomic mass is 9.67. The van der Waals surface area contributed by atoms with Gasteiger partial charge in [0.15, 0.2) is 5.69 Å². The quantitative estimate of drug-likeness (QED) is 0.911. The minimum Gasteiger partial charge on any atom is -0.505 e. The first-order valence-electron chi connectivity index (χ1n) is 6.78. The molecule has 0 aliphatic heterocycles. The highest BCUT2D eigenvalue weighted by Crippen LogP contribution is 2.43. The molecule has 0 aromatic carbocycles. The average molecular weight is 262 g/mol. The molecule has 104 valence electrons. The van der Waals surface area contributed by atoms with Crippen LogP contribution in [0, 0.1) is 5.41 Å². The SMILES string of the molecule is CC(C)N(C(=O)c1ncccc1O)C1CC(C)(C)C1. The van der Waals surface area contributed by atoms with Crippen molar-refractivity contribution in [2.45, 2.75) is 52.6 Å². The number of hydrogen-bond acceptors (Lipinski definition) is 3. The van der Waals surface area contributed by atoms with Crippen molar-refractivity contribution < 1.29 is 9.90 Å². The Labute approximate surface area is 114 Å². The monoisotopic (exact) mass is 262 g/mol. The minimum atomic E-state index is -0.173. The number of amides is 1. The summed E-state index contributed by atoms with van der Waals surface area (Å²) < 4.78 is 0. The summed E-state index contributed by atoms with van der Waals surface area (Å²) in [5, 5.41) is 9.78.